The number of ether oxygens (including phenoxy) is 1. The largest absolute Gasteiger partial charge is 0.377 e. The molecule has 1 aliphatic carbocycles. The van der Waals surface area contributed by atoms with Crippen LogP contribution in [0.1, 0.15) is 46.5 Å². The maximum absolute atomic E-state index is 12.9. The number of fused-ring (bicyclic) bond motifs is 1. The van der Waals surface area contributed by atoms with Gasteiger partial charge in [-0.05, 0) is 38.8 Å². The lowest BCUT2D eigenvalue weighted by atomic mass is 9.46. The summed E-state index contributed by atoms with van der Waals surface area (Å²) in [5.74, 6) is 0.189. The Hall–Kier alpha value is -0.650. The van der Waals surface area contributed by atoms with Crippen molar-refractivity contribution in [3.05, 3.63) is 0 Å². The zero-order chi connectivity index (χ0) is 16.0. The zero-order valence-electron chi connectivity index (χ0n) is 14.2. The van der Waals surface area contributed by atoms with Crippen molar-refractivity contribution < 1.29 is 9.53 Å². The van der Waals surface area contributed by atoms with Gasteiger partial charge in [-0.25, -0.2) is 0 Å². The molecule has 2 heterocycles. The van der Waals surface area contributed by atoms with Crippen LogP contribution in [0.3, 0.4) is 0 Å². The van der Waals surface area contributed by atoms with E-state index in [1.807, 2.05) is 0 Å². The Labute approximate surface area is 133 Å². The van der Waals surface area contributed by atoms with E-state index in [9.17, 15) is 4.79 Å². The predicted molar refractivity (Wildman–Crippen MR) is 86.4 cm³/mol. The Morgan fingerprint density at radius 2 is 2.14 bits per heavy atom. The van der Waals surface area contributed by atoms with E-state index in [0.717, 1.165) is 39.1 Å². The first kappa shape index (κ1) is 16.2. The molecule has 4 atom stereocenters. The number of carbonyl (C=O) groups excluding carboxylic acids is 1. The fourth-order valence-electron chi connectivity index (χ4n) is 4.94. The van der Waals surface area contributed by atoms with Crippen molar-refractivity contribution in [1.29, 1.82) is 0 Å². The van der Waals surface area contributed by atoms with E-state index < -0.39 is 5.54 Å². The van der Waals surface area contributed by atoms with Gasteiger partial charge in [0.1, 0.15) is 5.54 Å². The number of hydrogen-bond acceptors (Lipinski definition) is 4. The summed E-state index contributed by atoms with van der Waals surface area (Å²) in [6, 6.07) is 0.471. The normalized spacial score (nSPS) is 40.8. The molecule has 3 fully saturated rings. The third-order valence-corrected chi connectivity index (χ3v) is 6.46. The van der Waals surface area contributed by atoms with Gasteiger partial charge in [0, 0.05) is 30.5 Å². The van der Waals surface area contributed by atoms with Gasteiger partial charge < -0.3 is 15.8 Å². The third kappa shape index (κ3) is 2.21. The first-order chi connectivity index (χ1) is 10.4. The lowest BCUT2D eigenvalue weighted by molar-refractivity contribution is -0.225. The number of carbonyl (C=O) groups is 1. The highest BCUT2D eigenvalue weighted by atomic mass is 16.5. The molecule has 3 N–H and O–H groups in total. The second-order valence-corrected chi connectivity index (χ2v) is 7.77. The fourth-order valence-corrected chi connectivity index (χ4v) is 4.94. The highest BCUT2D eigenvalue weighted by molar-refractivity contribution is 5.89. The van der Waals surface area contributed by atoms with Gasteiger partial charge >= 0.3 is 0 Å². The fraction of sp³-hybridized carbons (Fsp3) is 0.941. The van der Waals surface area contributed by atoms with Gasteiger partial charge in [0.25, 0.3) is 0 Å². The molecule has 1 saturated carbocycles. The SMILES string of the molecule is CCN1CCCC1CNC(=O)C1(N)C2CCCOC2C1(C)C. The quantitative estimate of drug-likeness (QED) is 0.816. The molecule has 5 heteroatoms. The van der Waals surface area contributed by atoms with E-state index in [0.29, 0.717) is 6.04 Å². The van der Waals surface area contributed by atoms with Crippen molar-refractivity contribution in [2.75, 3.05) is 26.2 Å². The molecule has 0 spiro atoms. The second-order valence-electron chi connectivity index (χ2n) is 7.77. The molecule has 0 radical (unpaired) electrons. The van der Waals surface area contributed by atoms with Gasteiger partial charge in [-0.2, -0.15) is 0 Å². The number of rotatable bonds is 4. The van der Waals surface area contributed by atoms with Gasteiger partial charge in [-0.3, -0.25) is 9.69 Å². The van der Waals surface area contributed by atoms with Crippen molar-refractivity contribution in [2.24, 2.45) is 17.1 Å². The van der Waals surface area contributed by atoms with E-state index in [-0.39, 0.29) is 23.3 Å². The molecule has 22 heavy (non-hydrogen) atoms. The van der Waals surface area contributed by atoms with Crippen LogP contribution in [0.25, 0.3) is 0 Å². The predicted octanol–water partition coefficient (Wildman–Crippen LogP) is 1.12. The van der Waals surface area contributed by atoms with Crippen LogP contribution < -0.4 is 11.1 Å². The number of nitrogens with two attached hydrogens (primary N) is 1. The molecule has 3 rings (SSSR count). The molecule has 0 aromatic rings. The first-order valence-electron chi connectivity index (χ1n) is 8.85. The summed E-state index contributed by atoms with van der Waals surface area (Å²) in [5.41, 5.74) is 5.55. The zero-order valence-corrected chi connectivity index (χ0v) is 14.2. The number of amides is 1. The summed E-state index contributed by atoms with van der Waals surface area (Å²) in [7, 11) is 0. The summed E-state index contributed by atoms with van der Waals surface area (Å²) in [4.78, 5) is 15.3. The molecule has 3 aliphatic rings. The average molecular weight is 309 g/mol. The molecule has 0 aromatic heterocycles. The van der Waals surface area contributed by atoms with Crippen LogP contribution in [0.2, 0.25) is 0 Å². The van der Waals surface area contributed by atoms with Crippen LogP contribution >= 0.6 is 0 Å². The maximum Gasteiger partial charge on any atom is 0.241 e. The molecule has 1 amide bonds. The molecular formula is C17H31N3O2. The Kier molecular flexibility index (Phi) is 4.25. The van der Waals surface area contributed by atoms with Crippen molar-refractivity contribution in [1.82, 2.24) is 10.2 Å². The Morgan fingerprint density at radius 1 is 1.36 bits per heavy atom. The second kappa shape index (κ2) is 5.77. The lowest BCUT2D eigenvalue weighted by Gasteiger charge is -2.65. The first-order valence-corrected chi connectivity index (χ1v) is 8.85. The van der Waals surface area contributed by atoms with Crippen LogP contribution in [0.5, 0.6) is 0 Å². The van der Waals surface area contributed by atoms with E-state index >= 15 is 0 Å². The van der Waals surface area contributed by atoms with Crippen LogP contribution in [0.15, 0.2) is 0 Å². The maximum atomic E-state index is 12.9. The highest BCUT2D eigenvalue weighted by Crippen LogP contribution is 2.57. The Balaban J connectivity index is 1.64. The lowest BCUT2D eigenvalue weighted by Crippen LogP contribution is -2.82. The van der Waals surface area contributed by atoms with E-state index in [1.165, 1.54) is 12.8 Å². The summed E-state index contributed by atoms with van der Waals surface area (Å²) >= 11 is 0. The van der Waals surface area contributed by atoms with E-state index in [2.05, 4.69) is 31.0 Å². The van der Waals surface area contributed by atoms with Crippen molar-refractivity contribution in [3.8, 4) is 0 Å². The Morgan fingerprint density at radius 3 is 2.86 bits per heavy atom. The molecular weight excluding hydrogens is 278 g/mol. The monoisotopic (exact) mass is 309 g/mol. The molecule has 0 aromatic carbocycles. The van der Waals surface area contributed by atoms with Crippen LogP contribution in [0.4, 0.5) is 0 Å². The number of likely N-dealkylation sites (tertiary alicyclic amines) is 1. The van der Waals surface area contributed by atoms with E-state index in [1.54, 1.807) is 0 Å². The summed E-state index contributed by atoms with van der Waals surface area (Å²) in [6.45, 7) is 10.1. The summed E-state index contributed by atoms with van der Waals surface area (Å²) in [5, 5.41) is 3.16. The topological polar surface area (TPSA) is 67.6 Å². The minimum Gasteiger partial charge on any atom is -0.377 e. The third-order valence-electron chi connectivity index (χ3n) is 6.46. The molecule has 2 saturated heterocycles. The Bertz CT molecular complexity index is 440. The molecule has 4 unspecified atom stereocenters. The van der Waals surface area contributed by atoms with Gasteiger partial charge in [0.15, 0.2) is 0 Å². The van der Waals surface area contributed by atoms with Crippen molar-refractivity contribution in [3.63, 3.8) is 0 Å². The number of nitrogens with one attached hydrogen (secondary N) is 1. The molecule has 2 aliphatic heterocycles. The van der Waals surface area contributed by atoms with E-state index in [4.69, 9.17) is 10.5 Å². The van der Waals surface area contributed by atoms with Gasteiger partial charge in [-0.1, -0.05) is 20.8 Å². The van der Waals surface area contributed by atoms with Crippen molar-refractivity contribution >= 4 is 5.91 Å². The number of nitrogens with zero attached hydrogens (tertiary/aromatic N) is 1. The summed E-state index contributed by atoms with van der Waals surface area (Å²) in [6.07, 6.45) is 4.55. The number of hydrogen-bond donors (Lipinski definition) is 2. The van der Waals surface area contributed by atoms with Gasteiger partial charge in [0.2, 0.25) is 5.91 Å². The summed E-state index contributed by atoms with van der Waals surface area (Å²) < 4.78 is 5.88. The van der Waals surface area contributed by atoms with Crippen LogP contribution in [0, 0.1) is 11.3 Å². The highest BCUT2D eigenvalue weighted by Gasteiger charge is 2.70. The van der Waals surface area contributed by atoms with Crippen molar-refractivity contribution in [2.45, 2.75) is 64.1 Å². The van der Waals surface area contributed by atoms with Crippen LogP contribution in [-0.2, 0) is 9.53 Å². The molecule has 0 bridgehead atoms. The van der Waals surface area contributed by atoms with Gasteiger partial charge in [-0.15, -0.1) is 0 Å². The van der Waals surface area contributed by atoms with Gasteiger partial charge in [0.05, 0.1) is 6.10 Å². The average Bonchev–Trinajstić information content (AvgIpc) is 2.99. The standard InChI is InChI=1S/C17H31N3O2/c1-4-20-9-5-7-12(20)11-19-15(21)17(18)13-8-6-10-22-14(13)16(17,2)3/h12-14H,4-11,18H2,1-3H3,(H,19,21). The number of likely N-dealkylation sites (N-methyl/N-ethyl adjacent to an activating group) is 1. The smallest absolute Gasteiger partial charge is 0.241 e. The van der Waals surface area contributed by atoms with Crippen LogP contribution in [-0.4, -0.2) is 54.7 Å². The molecule has 5 nitrogen and oxygen atoms in total. The minimum atomic E-state index is -0.784. The minimum absolute atomic E-state index is 0.0206. The molecule has 126 valence electrons.